The van der Waals surface area contributed by atoms with Gasteiger partial charge in [0.1, 0.15) is 13.2 Å². The topological polar surface area (TPSA) is 61.8 Å². The summed E-state index contributed by atoms with van der Waals surface area (Å²) >= 11 is 6.53. The van der Waals surface area contributed by atoms with Gasteiger partial charge in [-0.05, 0) is 0 Å². The first-order chi connectivity index (χ1) is 8.91. The number of ether oxygens (including phenoxy) is 3. The van der Waals surface area contributed by atoms with E-state index in [0.717, 1.165) is 0 Å². The molecule has 0 radical (unpaired) electrons. The Morgan fingerprint density at radius 1 is 0.842 bits per heavy atom. The highest BCUT2D eigenvalue weighted by atomic mass is 79.9. The summed E-state index contributed by atoms with van der Waals surface area (Å²) in [5.41, 5.74) is 0. The van der Waals surface area contributed by atoms with Gasteiger partial charge in [0, 0.05) is 9.65 Å². The largest absolute Gasteiger partial charge is 0.463 e. The van der Waals surface area contributed by atoms with E-state index in [9.17, 15) is 9.59 Å². The first-order valence-corrected chi connectivity index (χ1v) is 7.92. The number of hydrogen-bond donors (Lipinski definition) is 0. The number of hydrogen-bond acceptors (Lipinski definition) is 5. The molecule has 19 heavy (non-hydrogen) atoms. The molecule has 0 saturated heterocycles. The minimum absolute atomic E-state index is 0.108. The maximum absolute atomic E-state index is 11.2. The van der Waals surface area contributed by atoms with Gasteiger partial charge in [0.15, 0.2) is 0 Å². The second-order valence-corrected chi connectivity index (χ2v) is 7.15. The van der Waals surface area contributed by atoms with Crippen LogP contribution in [0, 0.1) is 0 Å². The second kappa shape index (κ2) is 11.7. The summed E-state index contributed by atoms with van der Waals surface area (Å²) in [6, 6.07) is 0. The third-order valence-corrected chi connectivity index (χ3v) is 2.52. The van der Waals surface area contributed by atoms with Crippen LogP contribution in [0.25, 0.3) is 0 Å². The predicted molar refractivity (Wildman–Crippen MR) is 78.7 cm³/mol. The summed E-state index contributed by atoms with van der Waals surface area (Å²) in [5.74, 6) is -0.517. The van der Waals surface area contributed by atoms with Crippen molar-refractivity contribution in [3.05, 3.63) is 0 Å². The van der Waals surface area contributed by atoms with Crippen molar-refractivity contribution < 1.29 is 23.8 Å². The van der Waals surface area contributed by atoms with Gasteiger partial charge < -0.3 is 14.2 Å². The van der Waals surface area contributed by atoms with E-state index in [0.29, 0.717) is 26.1 Å². The van der Waals surface area contributed by atoms with Gasteiger partial charge in [0.05, 0.1) is 26.1 Å². The Kier molecular flexibility index (Phi) is 11.6. The standard InChI is InChI=1S/C12H20Br2O5/c1-9(13)7-11(15)18-5-3-17-4-6-19-12(16)8-10(2)14/h9-10H,3-8H2,1-2H3. The molecule has 7 heteroatoms. The van der Waals surface area contributed by atoms with Crippen molar-refractivity contribution >= 4 is 43.8 Å². The lowest BCUT2D eigenvalue weighted by atomic mass is 10.3. The second-order valence-electron chi connectivity index (χ2n) is 4.02. The fourth-order valence-electron chi connectivity index (χ4n) is 1.11. The highest BCUT2D eigenvalue weighted by Crippen LogP contribution is 2.04. The molecule has 2 atom stereocenters. The Balaban J connectivity index is 3.32. The maximum Gasteiger partial charge on any atom is 0.306 e. The quantitative estimate of drug-likeness (QED) is 0.318. The van der Waals surface area contributed by atoms with E-state index in [1.165, 1.54) is 0 Å². The van der Waals surface area contributed by atoms with Crippen LogP contribution in [0.15, 0.2) is 0 Å². The number of alkyl halides is 2. The van der Waals surface area contributed by atoms with Crippen molar-refractivity contribution in [3.8, 4) is 0 Å². The van der Waals surface area contributed by atoms with Gasteiger partial charge in [0.25, 0.3) is 0 Å². The Hall–Kier alpha value is -0.140. The molecule has 5 nitrogen and oxygen atoms in total. The number of halogens is 2. The zero-order valence-corrected chi connectivity index (χ0v) is 14.4. The monoisotopic (exact) mass is 402 g/mol. The van der Waals surface area contributed by atoms with Crippen LogP contribution in [0.5, 0.6) is 0 Å². The van der Waals surface area contributed by atoms with Crippen molar-refractivity contribution in [2.24, 2.45) is 0 Å². The highest BCUT2D eigenvalue weighted by molar-refractivity contribution is 9.09. The van der Waals surface area contributed by atoms with Crippen LogP contribution in [0.3, 0.4) is 0 Å². The van der Waals surface area contributed by atoms with Crippen molar-refractivity contribution in [1.29, 1.82) is 0 Å². The normalized spacial score (nSPS) is 13.7. The van der Waals surface area contributed by atoms with E-state index in [2.05, 4.69) is 31.9 Å². The Labute approximate surface area is 130 Å². The van der Waals surface area contributed by atoms with E-state index in [4.69, 9.17) is 14.2 Å². The summed E-state index contributed by atoms with van der Waals surface area (Å²) in [7, 11) is 0. The molecule has 0 aliphatic heterocycles. The van der Waals surface area contributed by atoms with Gasteiger partial charge in [0.2, 0.25) is 0 Å². The molecule has 0 aromatic rings. The van der Waals surface area contributed by atoms with Crippen molar-refractivity contribution in [2.75, 3.05) is 26.4 Å². The molecule has 0 aliphatic carbocycles. The smallest absolute Gasteiger partial charge is 0.306 e. The molecule has 0 saturated carbocycles. The van der Waals surface area contributed by atoms with Gasteiger partial charge >= 0.3 is 11.9 Å². The summed E-state index contributed by atoms with van der Waals surface area (Å²) < 4.78 is 15.0. The number of rotatable bonds is 10. The average molecular weight is 404 g/mol. The van der Waals surface area contributed by atoms with Crippen molar-refractivity contribution in [2.45, 2.75) is 36.3 Å². The van der Waals surface area contributed by atoms with Crippen LogP contribution in [0.2, 0.25) is 0 Å². The zero-order chi connectivity index (χ0) is 14.7. The maximum atomic E-state index is 11.2. The molecule has 2 unspecified atom stereocenters. The average Bonchev–Trinajstić information content (AvgIpc) is 2.25. The number of esters is 2. The van der Waals surface area contributed by atoms with Crippen molar-refractivity contribution in [3.63, 3.8) is 0 Å². The van der Waals surface area contributed by atoms with E-state index in [-0.39, 0.29) is 34.8 Å². The van der Waals surface area contributed by atoms with E-state index in [1.807, 2.05) is 13.8 Å². The first-order valence-electron chi connectivity index (χ1n) is 6.09. The summed E-state index contributed by atoms with van der Waals surface area (Å²) in [6.45, 7) is 4.78. The molecule has 0 fully saturated rings. The minimum atomic E-state index is -0.259. The molecule has 0 heterocycles. The minimum Gasteiger partial charge on any atom is -0.463 e. The molecular weight excluding hydrogens is 384 g/mol. The van der Waals surface area contributed by atoms with Crippen LogP contribution in [-0.2, 0) is 23.8 Å². The fraction of sp³-hybridized carbons (Fsp3) is 0.833. The van der Waals surface area contributed by atoms with Gasteiger partial charge in [-0.25, -0.2) is 0 Å². The van der Waals surface area contributed by atoms with Gasteiger partial charge in [-0.1, -0.05) is 45.7 Å². The molecule has 0 aromatic carbocycles. The Bertz CT molecular complexity index is 243. The molecule has 0 aromatic heterocycles. The zero-order valence-electron chi connectivity index (χ0n) is 11.2. The van der Waals surface area contributed by atoms with Gasteiger partial charge in [-0.2, -0.15) is 0 Å². The fourth-order valence-corrected chi connectivity index (χ4v) is 1.64. The molecule has 112 valence electrons. The SMILES string of the molecule is CC(Br)CC(=O)OCCOCCOC(=O)CC(C)Br. The molecule has 0 rings (SSSR count). The highest BCUT2D eigenvalue weighted by Gasteiger charge is 2.07. The first kappa shape index (κ1) is 18.9. The van der Waals surface area contributed by atoms with E-state index in [1.54, 1.807) is 0 Å². The molecule has 0 bridgehead atoms. The van der Waals surface area contributed by atoms with Gasteiger partial charge in [-0.3, -0.25) is 9.59 Å². The summed E-state index contributed by atoms with van der Waals surface area (Å²) in [4.78, 5) is 22.5. The lowest BCUT2D eigenvalue weighted by molar-refractivity contribution is -0.146. The van der Waals surface area contributed by atoms with E-state index < -0.39 is 0 Å². The van der Waals surface area contributed by atoms with Crippen LogP contribution in [0.4, 0.5) is 0 Å². The lowest BCUT2D eigenvalue weighted by Gasteiger charge is -2.08. The lowest BCUT2D eigenvalue weighted by Crippen LogP contribution is -2.16. The van der Waals surface area contributed by atoms with Crippen molar-refractivity contribution in [1.82, 2.24) is 0 Å². The molecule has 0 N–H and O–H groups in total. The third-order valence-electron chi connectivity index (χ3n) is 1.88. The Morgan fingerprint density at radius 3 is 1.53 bits per heavy atom. The third kappa shape index (κ3) is 14.1. The molecule has 0 amide bonds. The van der Waals surface area contributed by atoms with Crippen LogP contribution >= 0.6 is 31.9 Å². The summed E-state index contributed by atoms with van der Waals surface area (Å²) in [6.07, 6.45) is 0.671. The number of carbonyl (C=O) groups is 2. The van der Waals surface area contributed by atoms with Crippen LogP contribution in [0.1, 0.15) is 26.7 Å². The Morgan fingerprint density at radius 2 is 1.21 bits per heavy atom. The molecule has 0 aliphatic rings. The summed E-state index contributed by atoms with van der Waals surface area (Å²) in [5, 5.41) is 0. The molecular formula is C12H20Br2O5. The predicted octanol–water partition coefficient (Wildman–Crippen LogP) is 2.44. The van der Waals surface area contributed by atoms with E-state index >= 15 is 0 Å². The van der Waals surface area contributed by atoms with Gasteiger partial charge in [-0.15, -0.1) is 0 Å². The molecule has 0 spiro atoms. The van der Waals surface area contributed by atoms with Crippen LogP contribution in [-0.4, -0.2) is 48.0 Å². The number of carbonyl (C=O) groups excluding carboxylic acids is 2. The van der Waals surface area contributed by atoms with Crippen LogP contribution < -0.4 is 0 Å².